The standard InChI is InChI=1S/C26H24Cl2N2O2/c1-17(2)24-15-21(28)8-7-18(24)14-26(31)32-25(16-29)19-5-4-6-23(13-19)30(3)22-11-9-20(27)10-12-22/h4-13,15,17,25H,14H2,1-3H3. The molecule has 0 fully saturated rings. The summed E-state index contributed by atoms with van der Waals surface area (Å²) >= 11 is 12.1. The van der Waals surface area contributed by atoms with Gasteiger partial charge in [0.25, 0.3) is 0 Å². The SMILES string of the molecule is CC(C)c1cc(Cl)ccc1CC(=O)OC(C#N)c1cccc(N(C)c2ccc(Cl)cc2)c1. The molecule has 1 unspecified atom stereocenters. The molecule has 0 aromatic heterocycles. The monoisotopic (exact) mass is 466 g/mol. The Balaban J connectivity index is 1.76. The van der Waals surface area contributed by atoms with Crippen molar-refractivity contribution in [2.24, 2.45) is 0 Å². The molecule has 6 heteroatoms. The Morgan fingerprint density at radius 3 is 2.34 bits per heavy atom. The number of hydrogen-bond donors (Lipinski definition) is 0. The number of rotatable bonds is 7. The highest BCUT2D eigenvalue weighted by atomic mass is 35.5. The normalized spacial score (nSPS) is 11.7. The number of benzene rings is 3. The molecule has 0 aliphatic heterocycles. The van der Waals surface area contributed by atoms with Gasteiger partial charge in [-0.1, -0.05) is 55.2 Å². The fourth-order valence-electron chi connectivity index (χ4n) is 3.47. The van der Waals surface area contributed by atoms with E-state index in [0.29, 0.717) is 15.6 Å². The maximum atomic E-state index is 12.7. The first-order valence-electron chi connectivity index (χ1n) is 10.2. The summed E-state index contributed by atoms with van der Waals surface area (Å²) in [5.41, 5.74) is 4.26. The van der Waals surface area contributed by atoms with E-state index in [4.69, 9.17) is 27.9 Å². The predicted octanol–water partition coefficient (Wildman–Crippen LogP) is 7.24. The lowest BCUT2D eigenvalue weighted by molar-refractivity contribution is -0.146. The van der Waals surface area contributed by atoms with Crippen LogP contribution >= 0.6 is 23.2 Å². The molecule has 0 spiro atoms. The maximum Gasteiger partial charge on any atom is 0.311 e. The van der Waals surface area contributed by atoms with Crippen molar-refractivity contribution >= 4 is 40.5 Å². The van der Waals surface area contributed by atoms with Crippen molar-refractivity contribution in [3.05, 3.63) is 93.5 Å². The van der Waals surface area contributed by atoms with E-state index in [1.165, 1.54) is 0 Å². The minimum Gasteiger partial charge on any atom is -0.442 e. The number of halogens is 2. The van der Waals surface area contributed by atoms with Crippen molar-refractivity contribution in [3.63, 3.8) is 0 Å². The van der Waals surface area contributed by atoms with Gasteiger partial charge in [0.15, 0.2) is 0 Å². The predicted molar refractivity (Wildman–Crippen MR) is 130 cm³/mol. The van der Waals surface area contributed by atoms with Crippen LogP contribution in [0.5, 0.6) is 0 Å². The average molecular weight is 467 g/mol. The van der Waals surface area contributed by atoms with Gasteiger partial charge in [-0.05, 0) is 65.6 Å². The van der Waals surface area contributed by atoms with Gasteiger partial charge in [-0.25, -0.2) is 0 Å². The van der Waals surface area contributed by atoms with Gasteiger partial charge >= 0.3 is 5.97 Å². The fraction of sp³-hybridized carbons (Fsp3) is 0.231. The highest BCUT2D eigenvalue weighted by molar-refractivity contribution is 6.30. The van der Waals surface area contributed by atoms with Gasteiger partial charge in [0.1, 0.15) is 6.07 Å². The lowest BCUT2D eigenvalue weighted by atomic mass is 9.95. The van der Waals surface area contributed by atoms with Crippen molar-refractivity contribution in [1.82, 2.24) is 0 Å². The molecule has 4 nitrogen and oxygen atoms in total. The summed E-state index contributed by atoms with van der Waals surface area (Å²) in [5, 5.41) is 11.0. The highest BCUT2D eigenvalue weighted by Gasteiger charge is 2.19. The third kappa shape index (κ3) is 5.82. The molecule has 164 valence electrons. The number of ether oxygens (including phenoxy) is 1. The molecule has 1 atom stereocenters. The molecule has 0 saturated carbocycles. The molecule has 0 bridgehead atoms. The fourth-order valence-corrected chi connectivity index (χ4v) is 3.78. The van der Waals surface area contributed by atoms with Crippen LogP contribution in [0.3, 0.4) is 0 Å². The van der Waals surface area contributed by atoms with Crippen molar-refractivity contribution in [1.29, 1.82) is 5.26 Å². The van der Waals surface area contributed by atoms with Gasteiger partial charge < -0.3 is 9.64 Å². The van der Waals surface area contributed by atoms with Crippen molar-refractivity contribution in [3.8, 4) is 6.07 Å². The summed E-state index contributed by atoms with van der Waals surface area (Å²) in [5.74, 6) is -0.249. The maximum absolute atomic E-state index is 12.7. The Labute approximate surface area is 198 Å². The summed E-state index contributed by atoms with van der Waals surface area (Å²) in [4.78, 5) is 14.6. The molecule has 0 saturated heterocycles. The molecular formula is C26H24Cl2N2O2. The van der Waals surface area contributed by atoms with Crippen molar-refractivity contribution in [2.45, 2.75) is 32.3 Å². The number of hydrogen-bond acceptors (Lipinski definition) is 4. The van der Waals surface area contributed by atoms with Crippen molar-refractivity contribution < 1.29 is 9.53 Å². The smallest absolute Gasteiger partial charge is 0.311 e. The van der Waals surface area contributed by atoms with Crippen LogP contribution in [0.2, 0.25) is 10.0 Å². The van der Waals surface area contributed by atoms with Crippen LogP contribution in [0, 0.1) is 11.3 Å². The van der Waals surface area contributed by atoms with E-state index in [9.17, 15) is 10.1 Å². The molecule has 0 amide bonds. The molecule has 3 aromatic rings. The zero-order valence-corrected chi connectivity index (χ0v) is 19.7. The zero-order chi connectivity index (χ0) is 23.3. The average Bonchev–Trinajstić information content (AvgIpc) is 2.78. The lowest BCUT2D eigenvalue weighted by Crippen LogP contribution is -2.15. The first-order valence-corrected chi connectivity index (χ1v) is 11.0. The number of nitrogens with zero attached hydrogens (tertiary/aromatic N) is 2. The lowest BCUT2D eigenvalue weighted by Gasteiger charge is -2.21. The number of esters is 1. The number of carbonyl (C=O) groups is 1. The summed E-state index contributed by atoms with van der Waals surface area (Å²) in [6.07, 6.45) is -0.927. The third-order valence-electron chi connectivity index (χ3n) is 5.21. The minimum absolute atomic E-state index is 0.0766. The topological polar surface area (TPSA) is 53.3 Å². The van der Waals surface area contributed by atoms with Gasteiger partial charge in [0.2, 0.25) is 6.10 Å². The Morgan fingerprint density at radius 2 is 1.69 bits per heavy atom. The highest BCUT2D eigenvalue weighted by Crippen LogP contribution is 2.29. The summed E-state index contributed by atoms with van der Waals surface area (Å²) in [6.45, 7) is 4.09. The van der Waals surface area contributed by atoms with Gasteiger partial charge in [-0.3, -0.25) is 4.79 Å². The van der Waals surface area contributed by atoms with Crippen LogP contribution < -0.4 is 4.90 Å². The molecule has 3 rings (SSSR count). The van der Waals surface area contributed by atoms with E-state index in [-0.39, 0.29) is 12.3 Å². The van der Waals surface area contributed by atoms with E-state index < -0.39 is 12.1 Å². The van der Waals surface area contributed by atoms with Gasteiger partial charge in [-0.15, -0.1) is 0 Å². The van der Waals surface area contributed by atoms with E-state index in [1.54, 1.807) is 12.1 Å². The second kappa shape index (κ2) is 10.5. The zero-order valence-electron chi connectivity index (χ0n) is 18.2. The first-order chi connectivity index (χ1) is 15.3. The first kappa shape index (κ1) is 23.7. The van der Waals surface area contributed by atoms with Crippen LogP contribution in [-0.4, -0.2) is 13.0 Å². The van der Waals surface area contributed by atoms with E-state index in [2.05, 4.69) is 6.07 Å². The number of carbonyl (C=O) groups excluding carboxylic acids is 1. The molecule has 0 aliphatic rings. The molecule has 3 aromatic carbocycles. The number of anilines is 2. The Hall–Kier alpha value is -3.00. The third-order valence-corrected chi connectivity index (χ3v) is 5.69. The molecule has 0 N–H and O–H groups in total. The second-order valence-electron chi connectivity index (χ2n) is 7.80. The summed E-state index contributed by atoms with van der Waals surface area (Å²) in [7, 11) is 1.92. The molecule has 0 radical (unpaired) electrons. The molecule has 32 heavy (non-hydrogen) atoms. The molecular weight excluding hydrogens is 443 g/mol. The molecule has 0 heterocycles. The molecule has 0 aliphatic carbocycles. The van der Waals surface area contributed by atoms with Crippen LogP contribution in [0.25, 0.3) is 0 Å². The Morgan fingerprint density at radius 1 is 1.00 bits per heavy atom. The summed E-state index contributed by atoms with van der Waals surface area (Å²) < 4.78 is 5.54. The largest absolute Gasteiger partial charge is 0.442 e. The second-order valence-corrected chi connectivity index (χ2v) is 8.68. The van der Waals surface area contributed by atoms with Crippen molar-refractivity contribution in [2.75, 3.05) is 11.9 Å². The van der Waals surface area contributed by atoms with Gasteiger partial charge in [0.05, 0.1) is 6.42 Å². The van der Waals surface area contributed by atoms with E-state index in [0.717, 1.165) is 22.5 Å². The van der Waals surface area contributed by atoms with Gasteiger partial charge in [0, 0.05) is 34.0 Å². The number of nitriles is 1. The minimum atomic E-state index is -1.00. The van der Waals surface area contributed by atoms with Gasteiger partial charge in [-0.2, -0.15) is 5.26 Å². The van der Waals surface area contributed by atoms with E-state index in [1.807, 2.05) is 80.4 Å². The summed E-state index contributed by atoms with van der Waals surface area (Å²) in [6, 6.07) is 22.4. The van der Waals surface area contributed by atoms with E-state index >= 15 is 0 Å². The Bertz CT molecular complexity index is 1140. The van der Waals surface area contributed by atoms with Crippen LogP contribution in [0.1, 0.15) is 42.6 Å². The van der Waals surface area contributed by atoms with Crippen LogP contribution in [-0.2, 0) is 16.0 Å². The Kier molecular flexibility index (Phi) is 7.80. The quantitative estimate of drug-likeness (QED) is 0.344. The van der Waals surface area contributed by atoms with Crippen LogP contribution in [0.4, 0.5) is 11.4 Å². The van der Waals surface area contributed by atoms with Crippen LogP contribution in [0.15, 0.2) is 66.7 Å².